The molecule has 0 aromatic heterocycles. The number of hydrogen-bond donors (Lipinski definition) is 2. The molecule has 0 saturated heterocycles. The molecule has 0 saturated carbocycles. The normalized spacial score (nSPS) is 12.9. The van der Waals surface area contributed by atoms with Crippen LogP contribution >= 0.6 is 0 Å². The number of rotatable bonds is 3. The maximum Gasteiger partial charge on any atom is 0.120 e. The SMILES string of the molecule is C=Cc1ccc(O)c([C@H](N)C(C)C)c1. The molecular weight excluding hydrogens is 174 g/mol. The monoisotopic (exact) mass is 191 g/mol. The minimum absolute atomic E-state index is 0.130. The number of hydrogen-bond acceptors (Lipinski definition) is 2. The molecule has 0 heterocycles. The Balaban J connectivity index is 3.11. The lowest BCUT2D eigenvalue weighted by Crippen LogP contribution is -2.16. The highest BCUT2D eigenvalue weighted by atomic mass is 16.3. The van der Waals surface area contributed by atoms with Gasteiger partial charge in [0.05, 0.1) is 0 Å². The summed E-state index contributed by atoms with van der Waals surface area (Å²) in [7, 11) is 0. The molecule has 3 N–H and O–H groups in total. The third kappa shape index (κ3) is 2.15. The summed E-state index contributed by atoms with van der Waals surface area (Å²) >= 11 is 0. The molecule has 2 heteroatoms. The first-order valence-electron chi connectivity index (χ1n) is 4.77. The maximum atomic E-state index is 9.64. The second kappa shape index (κ2) is 4.29. The first-order valence-corrected chi connectivity index (χ1v) is 4.77. The highest BCUT2D eigenvalue weighted by Crippen LogP contribution is 2.28. The number of aromatic hydroxyl groups is 1. The van der Waals surface area contributed by atoms with Crippen LogP contribution in [-0.2, 0) is 0 Å². The molecule has 0 radical (unpaired) electrons. The van der Waals surface area contributed by atoms with Gasteiger partial charge < -0.3 is 10.8 Å². The van der Waals surface area contributed by atoms with Gasteiger partial charge in [0.15, 0.2) is 0 Å². The number of nitrogens with two attached hydrogens (primary N) is 1. The van der Waals surface area contributed by atoms with E-state index in [9.17, 15) is 5.11 Å². The Bertz CT molecular complexity index is 331. The average Bonchev–Trinajstić information content (AvgIpc) is 2.17. The van der Waals surface area contributed by atoms with Crippen LogP contribution in [0.3, 0.4) is 0 Å². The van der Waals surface area contributed by atoms with E-state index in [1.165, 1.54) is 0 Å². The Morgan fingerprint density at radius 3 is 2.57 bits per heavy atom. The van der Waals surface area contributed by atoms with Gasteiger partial charge >= 0.3 is 0 Å². The van der Waals surface area contributed by atoms with Gasteiger partial charge in [-0.05, 0) is 23.6 Å². The molecule has 0 spiro atoms. The van der Waals surface area contributed by atoms with Gasteiger partial charge in [-0.2, -0.15) is 0 Å². The van der Waals surface area contributed by atoms with Crippen molar-refractivity contribution in [1.29, 1.82) is 0 Å². The lowest BCUT2D eigenvalue weighted by atomic mass is 9.95. The number of phenolic OH excluding ortho intramolecular Hbond substituents is 1. The lowest BCUT2D eigenvalue weighted by Gasteiger charge is -2.17. The fourth-order valence-electron chi connectivity index (χ4n) is 1.33. The van der Waals surface area contributed by atoms with E-state index in [-0.39, 0.29) is 11.8 Å². The fourth-order valence-corrected chi connectivity index (χ4v) is 1.33. The zero-order valence-corrected chi connectivity index (χ0v) is 8.70. The van der Waals surface area contributed by atoms with Crippen LogP contribution in [0.4, 0.5) is 0 Å². The lowest BCUT2D eigenvalue weighted by molar-refractivity contribution is 0.440. The Morgan fingerprint density at radius 1 is 1.43 bits per heavy atom. The van der Waals surface area contributed by atoms with Crippen molar-refractivity contribution in [2.24, 2.45) is 11.7 Å². The van der Waals surface area contributed by atoms with E-state index >= 15 is 0 Å². The van der Waals surface area contributed by atoms with Gasteiger partial charge in [0.1, 0.15) is 5.75 Å². The molecule has 0 unspecified atom stereocenters. The first-order chi connectivity index (χ1) is 6.56. The first kappa shape index (κ1) is 10.8. The van der Waals surface area contributed by atoms with Crippen molar-refractivity contribution < 1.29 is 5.11 Å². The van der Waals surface area contributed by atoms with Crippen LogP contribution in [0.5, 0.6) is 5.75 Å². The van der Waals surface area contributed by atoms with Gasteiger partial charge in [-0.3, -0.25) is 0 Å². The summed E-state index contributed by atoms with van der Waals surface area (Å²) < 4.78 is 0. The highest BCUT2D eigenvalue weighted by Gasteiger charge is 2.14. The van der Waals surface area contributed by atoms with E-state index in [0.717, 1.165) is 11.1 Å². The molecule has 0 bridgehead atoms. The van der Waals surface area contributed by atoms with E-state index in [4.69, 9.17) is 5.73 Å². The molecule has 14 heavy (non-hydrogen) atoms. The van der Waals surface area contributed by atoms with Crippen molar-refractivity contribution >= 4 is 6.08 Å². The summed E-state index contributed by atoms with van der Waals surface area (Å²) in [6.45, 7) is 7.75. The summed E-state index contributed by atoms with van der Waals surface area (Å²) in [6, 6.07) is 5.23. The predicted molar refractivity (Wildman–Crippen MR) is 60.0 cm³/mol. The van der Waals surface area contributed by atoms with E-state index in [2.05, 4.69) is 6.58 Å². The highest BCUT2D eigenvalue weighted by molar-refractivity contribution is 5.52. The van der Waals surface area contributed by atoms with Gasteiger partial charge in [-0.15, -0.1) is 0 Å². The zero-order valence-electron chi connectivity index (χ0n) is 8.70. The van der Waals surface area contributed by atoms with Crippen molar-refractivity contribution in [3.05, 3.63) is 35.9 Å². The van der Waals surface area contributed by atoms with E-state index in [1.807, 2.05) is 26.0 Å². The summed E-state index contributed by atoms with van der Waals surface area (Å²) in [6.07, 6.45) is 1.75. The van der Waals surface area contributed by atoms with Gasteiger partial charge in [0, 0.05) is 11.6 Å². The van der Waals surface area contributed by atoms with Gasteiger partial charge in [-0.1, -0.05) is 32.6 Å². The molecule has 0 aliphatic heterocycles. The number of phenols is 1. The molecule has 76 valence electrons. The maximum absolute atomic E-state index is 9.64. The van der Waals surface area contributed by atoms with Gasteiger partial charge in [-0.25, -0.2) is 0 Å². The van der Waals surface area contributed by atoms with Gasteiger partial charge in [0.2, 0.25) is 0 Å². The quantitative estimate of drug-likeness (QED) is 0.771. The fraction of sp³-hybridized carbons (Fsp3) is 0.333. The molecular formula is C12H17NO. The van der Waals surface area contributed by atoms with Crippen LogP contribution in [0.15, 0.2) is 24.8 Å². The van der Waals surface area contributed by atoms with Crippen molar-refractivity contribution in [1.82, 2.24) is 0 Å². The van der Waals surface area contributed by atoms with Crippen LogP contribution < -0.4 is 5.73 Å². The van der Waals surface area contributed by atoms with E-state index in [0.29, 0.717) is 5.92 Å². The Kier molecular flexibility index (Phi) is 3.31. The molecule has 1 aromatic rings. The van der Waals surface area contributed by atoms with Gasteiger partial charge in [0.25, 0.3) is 0 Å². The van der Waals surface area contributed by atoms with Crippen molar-refractivity contribution in [2.75, 3.05) is 0 Å². The molecule has 1 aromatic carbocycles. The largest absolute Gasteiger partial charge is 0.508 e. The topological polar surface area (TPSA) is 46.2 Å². The second-order valence-electron chi connectivity index (χ2n) is 3.79. The Morgan fingerprint density at radius 2 is 2.07 bits per heavy atom. The zero-order chi connectivity index (χ0) is 10.7. The van der Waals surface area contributed by atoms with Crippen LogP contribution in [0, 0.1) is 5.92 Å². The predicted octanol–water partition coefficient (Wildman–Crippen LogP) is 2.69. The summed E-state index contributed by atoms with van der Waals surface area (Å²) in [5.41, 5.74) is 7.74. The average molecular weight is 191 g/mol. The minimum atomic E-state index is -0.130. The summed E-state index contributed by atoms with van der Waals surface area (Å²) in [4.78, 5) is 0. The smallest absolute Gasteiger partial charge is 0.120 e. The standard InChI is InChI=1S/C12H17NO/c1-4-9-5-6-11(14)10(7-9)12(13)8(2)3/h4-8,12,14H,1,13H2,2-3H3/t12-/m1/s1. The molecule has 0 amide bonds. The molecule has 0 aliphatic rings. The minimum Gasteiger partial charge on any atom is -0.508 e. The van der Waals surface area contributed by atoms with Crippen molar-refractivity contribution in [3.8, 4) is 5.75 Å². The third-order valence-corrected chi connectivity index (χ3v) is 2.36. The van der Waals surface area contributed by atoms with Crippen LogP contribution in [-0.4, -0.2) is 5.11 Å². The van der Waals surface area contributed by atoms with Crippen molar-refractivity contribution in [3.63, 3.8) is 0 Å². The van der Waals surface area contributed by atoms with Crippen molar-refractivity contribution in [2.45, 2.75) is 19.9 Å². The van der Waals surface area contributed by atoms with Crippen LogP contribution in [0.1, 0.15) is 31.0 Å². The number of benzene rings is 1. The third-order valence-electron chi connectivity index (χ3n) is 2.36. The van der Waals surface area contributed by atoms with Crippen LogP contribution in [0.25, 0.3) is 6.08 Å². The molecule has 2 nitrogen and oxygen atoms in total. The van der Waals surface area contributed by atoms with Crippen LogP contribution in [0.2, 0.25) is 0 Å². The Hall–Kier alpha value is -1.28. The van der Waals surface area contributed by atoms with E-state index in [1.54, 1.807) is 12.1 Å². The molecule has 0 aliphatic carbocycles. The second-order valence-corrected chi connectivity index (χ2v) is 3.79. The molecule has 1 rings (SSSR count). The summed E-state index contributed by atoms with van der Waals surface area (Å²) in [5, 5.41) is 9.64. The molecule has 0 fully saturated rings. The molecule has 1 atom stereocenters. The summed E-state index contributed by atoms with van der Waals surface area (Å²) in [5.74, 6) is 0.567. The van der Waals surface area contributed by atoms with E-state index < -0.39 is 0 Å². The Labute approximate surface area is 85.1 Å².